The lowest BCUT2D eigenvalue weighted by Crippen LogP contribution is -2.59. The summed E-state index contributed by atoms with van der Waals surface area (Å²) in [4.78, 5) is 26.5. The maximum absolute atomic E-state index is 13.6. The molecule has 0 aliphatic carbocycles. The van der Waals surface area contributed by atoms with Crippen molar-refractivity contribution in [1.29, 1.82) is 0 Å². The van der Waals surface area contributed by atoms with Crippen LogP contribution in [0.4, 0.5) is 18.0 Å². The second-order valence-electron chi connectivity index (χ2n) is 7.91. The summed E-state index contributed by atoms with van der Waals surface area (Å²) in [5.74, 6) is -1.54. The number of ether oxygens (including phenoxy) is 2. The van der Waals surface area contributed by atoms with E-state index in [1.54, 1.807) is 13.8 Å². The molecule has 0 radical (unpaired) electrons. The van der Waals surface area contributed by atoms with Gasteiger partial charge in [-0.3, -0.25) is 9.69 Å². The smallest absolute Gasteiger partial charge is 0.387 e. The maximum Gasteiger partial charge on any atom is 0.387 e. The van der Waals surface area contributed by atoms with Crippen LogP contribution in [0.3, 0.4) is 0 Å². The Hall–Kier alpha value is -2.29. The van der Waals surface area contributed by atoms with Crippen LogP contribution in [0.1, 0.15) is 39.7 Å². The van der Waals surface area contributed by atoms with Crippen molar-refractivity contribution in [3.8, 4) is 5.75 Å². The fraction of sp³-hybridized carbons (Fsp3) is 0.556. The summed E-state index contributed by atoms with van der Waals surface area (Å²) in [6, 6.07) is 2.27. The molecule has 1 aromatic carbocycles. The highest BCUT2D eigenvalue weighted by Crippen LogP contribution is 2.48. The van der Waals surface area contributed by atoms with Gasteiger partial charge in [-0.25, -0.2) is 9.18 Å². The summed E-state index contributed by atoms with van der Waals surface area (Å²) in [5, 5.41) is 2.70. The summed E-state index contributed by atoms with van der Waals surface area (Å²) >= 11 is 0. The molecule has 2 aliphatic heterocycles. The highest BCUT2D eigenvalue weighted by atomic mass is 19.3. The van der Waals surface area contributed by atoms with Crippen molar-refractivity contribution < 1.29 is 32.2 Å². The Morgan fingerprint density at radius 1 is 1.26 bits per heavy atom. The summed E-state index contributed by atoms with van der Waals surface area (Å²) in [6.45, 7) is 3.52. The predicted molar refractivity (Wildman–Crippen MR) is 88.7 cm³/mol. The minimum Gasteiger partial charge on any atom is -0.434 e. The van der Waals surface area contributed by atoms with Crippen LogP contribution in [0.2, 0.25) is 0 Å². The first-order chi connectivity index (χ1) is 12.4. The number of halogens is 3. The number of amides is 3. The third-order valence-electron chi connectivity index (χ3n) is 4.99. The molecule has 1 aromatic rings. The molecule has 0 bridgehead atoms. The van der Waals surface area contributed by atoms with Crippen molar-refractivity contribution in [3.63, 3.8) is 0 Å². The Morgan fingerprint density at radius 2 is 1.93 bits per heavy atom. The van der Waals surface area contributed by atoms with E-state index in [1.165, 1.54) is 0 Å². The zero-order valence-electron chi connectivity index (χ0n) is 15.4. The molecule has 0 aromatic heterocycles. The molecule has 1 unspecified atom stereocenters. The van der Waals surface area contributed by atoms with Gasteiger partial charge in [0.25, 0.3) is 5.91 Å². The third kappa shape index (κ3) is 3.24. The van der Waals surface area contributed by atoms with Crippen molar-refractivity contribution in [2.45, 2.75) is 64.0 Å². The van der Waals surface area contributed by atoms with Gasteiger partial charge in [-0.05, 0) is 45.9 Å². The molecule has 2 saturated heterocycles. The summed E-state index contributed by atoms with van der Waals surface area (Å²) in [7, 11) is 0. The molecule has 3 rings (SSSR count). The number of carbonyl (C=O) groups excluding carboxylic acids is 2. The van der Waals surface area contributed by atoms with Crippen LogP contribution in [-0.4, -0.2) is 40.2 Å². The average molecular weight is 386 g/mol. The van der Waals surface area contributed by atoms with Crippen LogP contribution in [0.5, 0.6) is 5.75 Å². The van der Waals surface area contributed by atoms with Crippen LogP contribution in [0.25, 0.3) is 0 Å². The van der Waals surface area contributed by atoms with Crippen molar-refractivity contribution in [2.75, 3.05) is 0 Å². The Morgan fingerprint density at radius 3 is 2.48 bits per heavy atom. The van der Waals surface area contributed by atoms with Crippen LogP contribution >= 0.6 is 0 Å². The van der Waals surface area contributed by atoms with Gasteiger partial charge in [-0.2, -0.15) is 8.78 Å². The van der Waals surface area contributed by atoms with E-state index in [0.717, 1.165) is 23.1 Å². The van der Waals surface area contributed by atoms with Gasteiger partial charge in [0, 0.05) is 12.0 Å². The van der Waals surface area contributed by atoms with E-state index in [1.807, 2.05) is 13.8 Å². The van der Waals surface area contributed by atoms with Crippen LogP contribution < -0.4 is 10.1 Å². The largest absolute Gasteiger partial charge is 0.434 e. The van der Waals surface area contributed by atoms with Gasteiger partial charge in [-0.15, -0.1) is 0 Å². The molecule has 2 fully saturated rings. The minimum atomic E-state index is -3.12. The molecule has 2 aliphatic rings. The second kappa shape index (κ2) is 6.12. The monoisotopic (exact) mass is 386 g/mol. The SMILES string of the molecule is CC1(C)CC2(NC(=O)N(Cc3cc(F)ccc3OC(F)F)C2=O)C(C)(C)O1. The summed E-state index contributed by atoms with van der Waals surface area (Å²) in [5.41, 5.74) is -2.95. The first-order valence-corrected chi connectivity index (χ1v) is 8.44. The minimum absolute atomic E-state index is 0.0353. The first-order valence-electron chi connectivity index (χ1n) is 8.44. The number of hydrogen-bond acceptors (Lipinski definition) is 4. The number of benzene rings is 1. The van der Waals surface area contributed by atoms with E-state index in [9.17, 15) is 22.8 Å². The van der Waals surface area contributed by atoms with Gasteiger partial charge in [0.2, 0.25) is 0 Å². The Bertz CT molecular complexity index is 797. The molecule has 9 heteroatoms. The van der Waals surface area contributed by atoms with Gasteiger partial charge >= 0.3 is 12.6 Å². The van der Waals surface area contributed by atoms with Crippen molar-refractivity contribution in [2.24, 2.45) is 0 Å². The molecular weight excluding hydrogens is 365 g/mol. The predicted octanol–water partition coefficient (Wildman–Crippen LogP) is 3.20. The second-order valence-corrected chi connectivity index (χ2v) is 7.91. The zero-order valence-corrected chi connectivity index (χ0v) is 15.4. The van der Waals surface area contributed by atoms with Gasteiger partial charge in [0.1, 0.15) is 11.6 Å². The topological polar surface area (TPSA) is 67.9 Å². The molecular formula is C18H21F3N2O4. The van der Waals surface area contributed by atoms with Crippen molar-refractivity contribution in [3.05, 3.63) is 29.6 Å². The molecule has 148 valence electrons. The van der Waals surface area contributed by atoms with E-state index < -0.39 is 47.7 Å². The third-order valence-corrected chi connectivity index (χ3v) is 4.99. The van der Waals surface area contributed by atoms with E-state index >= 15 is 0 Å². The molecule has 3 amide bonds. The van der Waals surface area contributed by atoms with Crippen LogP contribution in [0, 0.1) is 5.82 Å². The molecule has 1 atom stereocenters. The number of nitrogens with one attached hydrogen (secondary N) is 1. The molecule has 6 nitrogen and oxygen atoms in total. The molecule has 0 saturated carbocycles. The van der Waals surface area contributed by atoms with Crippen molar-refractivity contribution >= 4 is 11.9 Å². The van der Waals surface area contributed by atoms with E-state index in [2.05, 4.69) is 10.1 Å². The lowest BCUT2D eigenvalue weighted by molar-refractivity contribution is -0.138. The quantitative estimate of drug-likeness (QED) is 0.807. The number of rotatable bonds is 4. The first kappa shape index (κ1) is 19.5. The highest BCUT2D eigenvalue weighted by Gasteiger charge is 2.67. The number of urea groups is 1. The van der Waals surface area contributed by atoms with Gasteiger partial charge < -0.3 is 14.8 Å². The normalized spacial score (nSPS) is 26.1. The molecule has 1 N–H and O–H groups in total. The fourth-order valence-electron chi connectivity index (χ4n) is 4.02. The van der Waals surface area contributed by atoms with Gasteiger partial charge in [0.15, 0.2) is 5.54 Å². The van der Waals surface area contributed by atoms with Crippen LogP contribution in [0.15, 0.2) is 18.2 Å². The lowest BCUT2D eigenvalue weighted by atomic mass is 9.79. The van der Waals surface area contributed by atoms with Crippen LogP contribution in [-0.2, 0) is 16.1 Å². The molecule has 1 spiro atoms. The Balaban J connectivity index is 1.93. The van der Waals surface area contributed by atoms with Gasteiger partial charge in [-0.1, -0.05) is 0 Å². The molecule has 2 heterocycles. The fourth-order valence-corrected chi connectivity index (χ4v) is 4.02. The zero-order chi connectivity index (χ0) is 20.2. The van der Waals surface area contributed by atoms with E-state index in [0.29, 0.717) is 0 Å². The standard InChI is InChI=1S/C18H21F3N2O4/c1-16(2)9-18(17(3,4)27-16)13(24)23(15(25)22-18)8-10-7-11(19)5-6-12(10)26-14(20)21/h5-7,14H,8-9H2,1-4H3,(H,22,25). The number of nitrogens with zero attached hydrogens (tertiary/aromatic N) is 1. The van der Waals surface area contributed by atoms with Crippen molar-refractivity contribution in [1.82, 2.24) is 10.2 Å². The van der Waals surface area contributed by atoms with E-state index in [4.69, 9.17) is 4.74 Å². The lowest BCUT2D eigenvalue weighted by Gasteiger charge is -2.33. The number of carbonyl (C=O) groups is 2. The molecule has 27 heavy (non-hydrogen) atoms. The summed E-state index contributed by atoms with van der Waals surface area (Å²) in [6.07, 6.45) is 0.248. The highest BCUT2D eigenvalue weighted by molar-refractivity contribution is 6.08. The van der Waals surface area contributed by atoms with E-state index in [-0.39, 0.29) is 17.7 Å². The Kier molecular flexibility index (Phi) is 4.41. The summed E-state index contributed by atoms with van der Waals surface area (Å²) < 4.78 is 49.1. The average Bonchev–Trinajstić information content (AvgIpc) is 2.84. The Labute approximate surface area is 154 Å². The van der Waals surface area contributed by atoms with Gasteiger partial charge in [0.05, 0.1) is 17.7 Å². The number of alkyl halides is 2. The number of imide groups is 1. The number of hydrogen-bond donors (Lipinski definition) is 1. The maximum atomic E-state index is 13.6.